The number of hydrogen-bond acceptors (Lipinski definition) is 4. The summed E-state index contributed by atoms with van der Waals surface area (Å²) in [6.07, 6.45) is 5.93. The molecule has 3 nitrogen and oxygen atoms in total. The topological polar surface area (TPSA) is 52.9 Å². The quantitative estimate of drug-likeness (QED) is 0.558. The van der Waals surface area contributed by atoms with Gasteiger partial charge in [-0.05, 0) is 47.9 Å². The third-order valence-electron chi connectivity index (χ3n) is 6.53. The van der Waals surface area contributed by atoms with Gasteiger partial charge in [-0.2, -0.15) is 5.26 Å². The summed E-state index contributed by atoms with van der Waals surface area (Å²) in [6, 6.07) is 17.0. The van der Waals surface area contributed by atoms with Crippen LogP contribution in [0.5, 0.6) is 0 Å². The van der Waals surface area contributed by atoms with Crippen LogP contribution in [-0.2, 0) is 0 Å². The normalized spacial score (nSPS) is 23.7. The number of benzene rings is 2. The molecule has 0 saturated heterocycles. The predicted molar refractivity (Wildman–Crippen MR) is 125 cm³/mol. The highest BCUT2D eigenvalue weighted by atomic mass is 32.2. The van der Waals surface area contributed by atoms with Crippen LogP contribution in [0, 0.1) is 29.1 Å². The van der Waals surface area contributed by atoms with Gasteiger partial charge in [0.25, 0.3) is 0 Å². The molecule has 1 aliphatic carbocycles. The average Bonchev–Trinajstić information content (AvgIpc) is 2.76. The Labute approximate surface area is 183 Å². The molecule has 0 bridgehead atoms. The highest BCUT2D eigenvalue weighted by Crippen LogP contribution is 2.43. The Morgan fingerprint density at radius 2 is 1.93 bits per heavy atom. The van der Waals surface area contributed by atoms with Gasteiger partial charge in [-0.25, -0.2) is 0 Å². The molecule has 3 atom stereocenters. The number of hydrogen-bond donors (Lipinski definition) is 1. The molecule has 1 N–H and O–H groups in total. The fourth-order valence-electron chi connectivity index (χ4n) is 5.09. The first-order valence-corrected chi connectivity index (χ1v) is 12.1. The summed E-state index contributed by atoms with van der Waals surface area (Å²) in [5, 5.41) is 16.8. The second-order valence-electron chi connectivity index (χ2n) is 9.06. The van der Waals surface area contributed by atoms with Crippen molar-refractivity contribution in [2.24, 2.45) is 17.8 Å². The molecule has 2 aromatic carbocycles. The Morgan fingerprint density at radius 3 is 2.70 bits per heavy atom. The molecular formula is C26H30N2OS. The van der Waals surface area contributed by atoms with Crippen molar-refractivity contribution in [1.29, 1.82) is 5.26 Å². The zero-order chi connectivity index (χ0) is 21.1. The Kier molecular flexibility index (Phi) is 6.49. The number of carbonyl (C=O) groups excluding carboxylic acids is 1. The number of nitriles is 1. The van der Waals surface area contributed by atoms with Gasteiger partial charge >= 0.3 is 0 Å². The summed E-state index contributed by atoms with van der Waals surface area (Å²) in [5.74, 6) is 1.90. The molecule has 1 fully saturated rings. The minimum Gasteiger partial charge on any atom is -0.376 e. The van der Waals surface area contributed by atoms with Crippen LogP contribution in [0.15, 0.2) is 53.1 Å². The van der Waals surface area contributed by atoms with Crippen molar-refractivity contribution in [2.45, 2.75) is 52.0 Å². The van der Waals surface area contributed by atoms with E-state index in [9.17, 15) is 10.1 Å². The lowest BCUT2D eigenvalue weighted by Crippen LogP contribution is -2.46. The van der Waals surface area contributed by atoms with Gasteiger partial charge in [-0.3, -0.25) is 4.79 Å². The van der Waals surface area contributed by atoms with Crippen molar-refractivity contribution in [3.05, 3.63) is 58.6 Å². The van der Waals surface area contributed by atoms with E-state index in [1.54, 1.807) is 0 Å². The van der Waals surface area contributed by atoms with Crippen LogP contribution in [0.25, 0.3) is 10.8 Å². The van der Waals surface area contributed by atoms with E-state index < -0.39 is 0 Å². The van der Waals surface area contributed by atoms with Crippen LogP contribution >= 0.6 is 11.8 Å². The third-order valence-corrected chi connectivity index (χ3v) is 7.57. The van der Waals surface area contributed by atoms with Crippen molar-refractivity contribution in [3.8, 4) is 6.07 Å². The second-order valence-corrected chi connectivity index (χ2v) is 10.0. The molecule has 30 heavy (non-hydrogen) atoms. The Hall–Kier alpha value is -2.25. The van der Waals surface area contributed by atoms with E-state index in [1.165, 1.54) is 37.4 Å². The summed E-state index contributed by atoms with van der Waals surface area (Å²) in [6.45, 7) is 4.48. The van der Waals surface area contributed by atoms with Gasteiger partial charge < -0.3 is 5.32 Å². The lowest BCUT2D eigenvalue weighted by Gasteiger charge is -2.43. The largest absolute Gasteiger partial charge is 0.376 e. The lowest BCUT2D eigenvalue weighted by molar-refractivity contribution is 0.102. The van der Waals surface area contributed by atoms with E-state index in [2.05, 4.69) is 31.3 Å². The summed E-state index contributed by atoms with van der Waals surface area (Å²) in [7, 11) is 0. The van der Waals surface area contributed by atoms with Crippen molar-refractivity contribution < 1.29 is 4.79 Å². The fourth-order valence-corrected chi connectivity index (χ4v) is 6.12. The van der Waals surface area contributed by atoms with Crippen LogP contribution in [0.4, 0.5) is 0 Å². The average molecular weight is 419 g/mol. The second kappa shape index (κ2) is 9.27. The van der Waals surface area contributed by atoms with Gasteiger partial charge in [0.2, 0.25) is 0 Å². The monoisotopic (exact) mass is 418 g/mol. The first kappa shape index (κ1) is 21.0. The van der Waals surface area contributed by atoms with Gasteiger partial charge in [-0.15, -0.1) is 0 Å². The number of fused-ring (bicyclic) bond motifs is 2. The summed E-state index contributed by atoms with van der Waals surface area (Å²) >= 11 is 1.52. The minimum atomic E-state index is 0.114. The fraction of sp³-hybridized carbons (Fsp3) is 0.462. The number of Topliss-reactive ketones (excluding diaryl/α,β-unsaturated/α-hetero) is 1. The molecule has 4 heteroatoms. The molecule has 0 amide bonds. The minimum absolute atomic E-state index is 0.114. The van der Waals surface area contributed by atoms with E-state index in [0.29, 0.717) is 29.5 Å². The van der Waals surface area contributed by atoms with Crippen molar-refractivity contribution >= 4 is 28.3 Å². The van der Waals surface area contributed by atoms with Crippen LogP contribution in [0.2, 0.25) is 0 Å². The maximum atomic E-state index is 12.9. The Morgan fingerprint density at radius 1 is 1.17 bits per heavy atom. The molecule has 1 heterocycles. The molecule has 4 rings (SSSR count). The summed E-state index contributed by atoms with van der Waals surface area (Å²) in [5.41, 5.74) is 1.62. The van der Waals surface area contributed by atoms with Crippen LogP contribution in [0.3, 0.4) is 0 Å². The van der Waals surface area contributed by atoms with Crippen molar-refractivity contribution in [1.82, 2.24) is 5.32 Å². The zero-order valence-corrected chi connectivity index (χ0v) is 18.7. The van der Waals surface area contributed by atoms with Gasteiger partial charge in [0.05, 0.1) is 22.4 Å². The van der Waals surface area contributed by atoms with Gasteiger partial charge in [-0.1, -0.05) is 74.8 Å². The summed E-state index contributed by atoms with van der Waals surface area (Å²) in [4.78, 5) is 12.9. The highest BCUT2D eigenvalue weighted by Gasteiger charge is 2.39. The van der Waals surface area contributed by atoms with Crippen molar-refractivity contribution in [3.63, 3.8) is 0 Å². The smallest absolute Gasteiger partial charge is 0.173 e. The maximum absolute atomic E-state index is 12.9. The first-order valence-electron chi connectivity index (χ1n) is 11.1. The maximum Gasteiger partial charge on any atom is 0.173 e. The van der Waals surface area contributed by atoms with Crippen LogP contribution in [0.1, 0.15) is 56.3 Å². The first-order chi connectivity index (χ1) is 14.6. The van der Waals surface area contributed by atoms with Gasteiger partial charge in [0.15, 0.2) is 5.78 Å². The number of nitrogens with zero attached hydrogens (tertiary/aromatic N) is 1. The van der Waals surface area contributed by atoms with E-state index in [1.807, 2.05) is 36.4 Å². The molecule has 1 aliphatic heterocycles. The van der Waals surface area contributed by atoms with E-state index in [0.717, 1.165) is 33.4 Å². The molecule has 0 unspecified atom stereocenters. The molecule has 2 aromatic rings. The molecule has 1 saturated carbocycles. The Bertz CT molecular complexity index is 1000. The summed E-state index contributed by atoms with van der Waals surface area (Å²) < 4.78 is 0. The predicted octanol–water partition coefficient (Wildman–Crippen LogP) is 6.32. The molecule has 0 radical (unpaired) electrons. The molecule has 156 valence electrons. The Balaban J connectivity index is 1.54. The molecular weight excluding hydrogens is 388 g/mol. The van der Waals surface area contributed by atoms with E-state index >= 15 is 0 Å². The lowest BCUT2D eigenvalue weighted by atomic mass is 9.69. The van der Waals surface area contributed by atoms with Gasteiger partial charge in [0.1, 0.15) is 0 Å². The number of nitrogens with one attached hydrogen (secondary N) is 1. The molecule has 0 spiro atoms. The highest BCUT2D eigenvalue weighted by molar-refractivity contribution is 8.03. The molecule has 2 aliphatic rings. The van der Waals surface area contributed by atoms with Crippen molar-refractivity contribution in [2.75, 3.05) is 5.75 Å². The SMILES string of the molecule is CC(C)C[C@@H]1C(C#N)=C(SCC(=O)c2ccc3ccccc3c2)N[C@@H]2CCCC[C@H]12. The number of carbonyl (C=O) groups is 1. The van der Waals surface area contributed by atoms with E-state index in [4.69, 9.17) is 0 Å². The number of thioether (sulfide) groups is 1. The third kappa shape index (κ3) is 4.42. The van der Waals surface area contributed by atoms with Gasteiger partial charge in [0, 0.05) is 17.5 Å². The van der Waals surface area contributed by atoms with Crippen LogP contribution in [-0.4, -0.2) is 17.6 Å². The number of rotatable bonds is 6. The molecule has 0 aromatic heterocycles. The van der Waals surface area contributed by atoms with E-state index in [-0.39, 0.29) is 5.78 Å². The number of ketones is 1. The zero-order valence-electron chi connectivity index (χ0n) is 17.9. The van der Waals surface area contributed by atoms with Crippen LogP contribution < -0.4 is 5.32 Å². The standard InChI is InChI=1S/C26H30N2OS/c1-17(2)13-22-21-9-5-6-10-24(21)28-26(23(22)15-27)30-16-25(29)20-12-11-18-7-3-4-8-19(18)14-20/h3-4,7-8,11-12,14,17,21-22,24,28H,5-6,9-10,13,16H2,1-2H3/t21-,22+,24-/m1/s1. The number of allylic oxidation sites excluding steroid dienone is 1.